The average Bonchev–Trinajstić information content (AvgIpc) is 2.77. The Morgan fingerprint density at radius 2 is 2.06 bits per heavy atom. The van der Waals surface area contributed by atoms with Crippen LogP contribution in [0.3, 0.4) is 0 Å². The first-order chi connectivity index (χ1) is 8.01. The van der Waals surface area contributed by atoms with E-state index in [4.69, 9.17) is 10.5 Å². The molecule has 1 fully saturated rings. The van der Waals surface area contributed by atoms with Crippen molar-refractivity contribution in [2.75, 3.05) is 26.0 Å². The normalized spacial score (nSPS) is 18.7. The molecular weight excluding hydrogens is 264 g/mol. The van der Waals surface area contributed by atoms with E-state index >= 15 is 0 Å². The van der Waals surface area contributed by atoms with Crippen LogP contribution >= 0.6 is 11.3 Å². The van der Waals surface area contributed by atoms with Crippen LogP contribution in [-0.4, -0.2) is 49.2 Å². The average molecular weight is 278 g/mol. The van der Waals surface area contributed by atoms with Gasteiger partial charge in [-0.1, -0.05) is 11.3 Å². The van der Waals surface area contributed by atoms with Crippen LogP contribution in [0.15, 0.2) is 4.34 Å². The molecule has 17 heavy (non-hydrogen) atoms. The molecule has 1 aromatic rings. The van der Waals surface area contributed by atoms with Gasteiger partial charge in [-0.05, 0) is 12.8 Å². The Hall–Kier alpha value is -0.770. The number of sulfonamides is 1. The standard InChI is InChI=1S/C8H14N4O3S2/c1-12(6-2-4-15-5-3-6)17(13,14)8-11-10-7(9)16-8/h6H,2-5H2,1H3,(H2,9,10). The summed E-state index contributed by atoms with van der Waals surface area (Å²) in [7, 11) is -2.02. The predicted octanol–water partition coefficient (Wildman–Crippen LogP) is -0.0802. The minimum Gasteiger partial charge on any atom is -0.381 e. The van der Waals surface area contributed by atoms with E-state index in [1.54, 1.807) is 7.05 Å². The fourth-order valence-corrected chi connectivity index (χ4v) is 4.06. The first-order valence-electron chi connectivity index (χ1n) is 5.16. The summed E-state index contributed by atoms with van der Waals surface area (Å²) < 4.78 is 30.9. The summed E-state index contributed by atoms with van der Waals surface area (Å²) in [6, 6.07) is -0.0427. The molecule has 1 aliphatic heterocycles. The van der Waals surface area contributed by atoms with Crippen molar-refractivity contribution in [3.05, 3.63) is 0 Å². The van der Waals surface area contributed by atoms with Gasteiger partial charge in [0.05, 0.1) is 0 Å². The summed E-state index contributed by atoms with van der Waals surface area (Å²) in [5.41, 5.74) is 5.40. The Morgan fingerprint density at radius 3 is 2.59 bits per heavy atom. The summed E-state index contributed by atoms with van der Waals surface area (Å²) in [6.07, 6.45) is 1.40. The van der Waals surface area contributed by atoms with Gasteiger partial charge in [-0.15, -0.1) is 10.2 Å². The summed E-state index contributed by atoms with van der Waals surface area (Å²) in [4.78, 5) is 0. The van der Waals surface area contributed by atoms with Crippen molar-refractivity contribution < 1.29 is 13.2 Å². The summed E-state index contributed by atoms with van der Waals surface area (Å²) in [5.74, 6) is 0. The third kappa shape index (κ3) is 2.57. The van der Waals surface area contributed by atoms with Crippen LogP contribution in [0.5, 0.6) is 0 Å². The van der Waals surface area contributed by atoms with Crippen LogP contribution in [-0.2, 0) is 14.8 Å². The van der Waals surface area contributed by atoms with Crippen LogP contribution in [0.25, 0.3) is 0 Å². The van der Waals surface area contributed by atoms with Crippen LogP contribution in [0, 0.1) is 0 Å². The number of rotatable bonds is 3. The highest BCUT2D eigenvalue weighted by Crippen LogP contribution is 2.24. The molecule has 2 N–H and O–H groups in total. The zero-order valence-electron chi connectivity index (χ0n) is 9.37. The molecule has 96 valence electrons. The van der Waals surface area contributed by atoms with Crippen molar-refractivity contribution in [1.29, 1.82) is 0 Å². The Morgan fingerprint density at radius 1 is 1.41 bits per heavy atom. The maximum absolute atomic E-state index is 12.2. The number of ether oxygens (including phenoxy) is 1. The lowest BCUT2D eigenvalue weighted by Gasteiger charge is -2.29. The topological polar surface area (TPSA) is 98.4 Å². The molecule has 1 aromatic heterocycles. The molecule has 1 aliphatic rings. The van der Waals surface area contributed by atoms with Crippen LogP contribution in [0.4, 0.5) is 5.13 Å². The maximum Gasteiger partial charge on any atom is 0.272 e. The van der Waals surface area contributed by atoms with E-state index in [-0.39, 0.29) is 15.5 Å². The third-order valence-corrected chi connectivity index (χ3v) is 5.74. The third-order valence-electron chi connectivity index (χ3n) is 2.73. The van der Waals surface area contributed by atoms with Gasteiger partial charge in [-0.3, -0.25) is 0 Å². The van der Waals surface area contributed by atoms with Crippen LogP contribution in [0.2, 0.25) is 0 Å². The minimum absolute atomic E-state index is 0.0427. The quantitative estimate of drug-likeness (QED) is 0.830. The van der Waals surface area contributed by atoms with Gasteiger partial charge in [-0.2, -0.15) is 4.31 Å². The molecule has 0 saturated carbocycles. The SMILES string of the molecule is CN(C1CCOCC1)S(=O)(=O)c1nnc(N)s1. The fraction of sp³-hybridized carbons (Fsp3) is 0.750. The highest BCUT2D eigenvalue weighted by Gasteiger charge is 2.31. The van der Waals surface area contributed by atoms with Crippen molar-refractivity contribution >= 4 is 26.5 Å². The van der Waals surface area contributed by atoms with E-state index in [2.05, 4.69) is 10.2 Å². The molecule has 0 amide bonds. The second-order valence-corrected chi connectivity index (χ2v) is 6.95. The number of nitrogens with zero attached hydrogens (tertiary/aromatic N) is 3. The van der Waals surface area contributed by atoms with Crippen molar-refractivity contribution in [3.8, 4) is 0 Å². The summed E-state index contributed by atoms with van der Waals surface area (Å²) >= 11 is 0.882. The van der Waals surface area contributed by atoms with E-state index < -0.39 is 10.0 Å². The molecule has 0 radical (unpaired) electrons. The molecule has 0 bridgehead atoms. The number of anilines is 1. The molecule has 7 nitrogen and oxygen atoms in total. The number of nitrogen functional groups attached to an aromatic ring is 1. The molecule has 0 aromatic carbocycles. The van der Waals surface area contributed by atoms with Crippen molar-refractivity contribution in [1.82, 2.24) is 14.5 Å². The summed E-state index contributed by atoms with van der Waals surface area (Å²) in [5, 5.41) is 7.27. The monoisotopic (exact) mass is 278 g/mol. The number of hydrogen-bond donors (Lipinski definition) is 1. The lowest BCUT2D eigenvalue weighted by Crippen LogP contribution is -2.40. The molecule has 0 aliphatic carbocycles. The Bertz CT molecular complexity index is 481. The van der Waals surface area contributed by atoms with Gasteiger partial charge in [0.2, 0.25) is 9.47 Å². The number of hydrogen-bond acceptors (Lipinski definition) is 7. The van der Waals surface area contributed by atoms with E-state index in [9.17, 15) is 8.42 Å². The van der Waals surface area contributed by atoms with Gasteiger partial charge in [0.15, 0.2) is 0 Å². The maximum atomic E-state index is 12.2. The van der Waals surface area contributed by atoms with E-state index in [0.29, 0.717) is 26.1 Å². The molecule has 9 heteroatoms. The first kappa shape index (κ1) is 12.7. The van der Waals surface area contributed by atoms with Gasteiger partial charge in [-0.25, -0.2) is 8.42 Å². The van der Waals surface area contributed by atoms with E-state index in [0.717, 1.165) is 11.3 Å². The number of aromatic nitrogens is 2. The Labute approximate surface area is 104 Å². The van der Waals surface area contributed by atoms with Crippen LogP contribution in [0.1, 0.15) is 12.8 Å². The largest absolute Gasteiger partial charge is 0.381 e. The zero-order chi connectivity index (χ0) is 12.5. The zero-order valence-corrected chi connectivity index (χ0v) is 11.0. The van der Waals surface area contributed by atoms with Crippen molar-refractivity contribution in [3.63, 3.8) is 0 Å². The fourth-order valence-electron chi connectivity index (χ4n) is 1.69. The lowest BCUT2D eigenvalue weighted by atomic mass is 10.1. The molecular formula is C8H14N4O3S2. The van der Waals surface area contributed by atoms with E-state index in [1.165, 1.54) is 4.31 Å². The highest BCUT2D eigenvalue weighted by atomic mass is 32.2. The van der Waals surface area contributed by atoms with Gasteiger partial charge >= 0.3 is 0 Å². The van der Waals surface area contributed by atoms with Crippen molar-refractivity contribution in [2.24, 2.45) is 0 Å². The van der Waals surface area contributed by atoms with Crippen molar-refractivity contribution in [2.45, 2.75) is 23.2 Å². The summed E-state index contributed by atoms with van der Waals surface area (Å²) in [6.45, 7) is 1.17. The van der Waals surface area contributed by atoms with Gasteiger partial charge < -0.3 is 10.5 Å². The smallest absolute Gasteiger partial charge is 0.272 e. The van der Waals surface area contributed by atoms with Gasteiger partial charge in [0, 0.05) is 26.3 Å². The van der Waals surface area contributed by atoms with E-state index in [1.807, 2.05) is 0 Å². The number of nitrogens with two attached hydrogens (primary N) is 1. The van der Waals surface area contributed by atoms with Gasteiger partial charge in [0.25, 0.3) is 10.0 Å². The molecule has 1 saturated heterocycles. The second kappa shape index (κ2) is 4.84. The molecule has 0 spiro atoms. The second-order valence-electron chi connectivity index (χ2n) is 3.77. The lowest BCUT2D eigenvalue weighted by molar-refractivity contribution is 0.0632. The first-order valence-corrected chi connectivity index (χ1v) is 7.42. The predicted molar refractivity (Wildman–Crippen MR) is 63.1 cm³/mol. The molecule has 2 rings (SSSR count). The Kier molecular flexibility index (Phi) is 3.61. The van der Waals surface area contributed by atoms with Crippen LogP contribution < -0.4 is 5.73 Å². The highest BCUT2D eigenvalue weighted by molar-refractivity contribution is 7.91. The molecule has 0 atom stereocenters. The Balaban J connectivity index is 2.20. The molecule has 2 heterocycles. The molecule has 0 unspecified atom stereocenters. The minimum atomic E-state index is -3.58. The van der Waals surface area contributed by atoms with Gasteiger partial charge in [0.1, 0.15) is 0 Å².